The summed E-state index contributed by atoms with van der Waals surface area (Å²) < 4.78 is 25.0. The Balaban J connectivity index is 2.21. The fourth-order valence-corrected chi connectivity index (χ4v) is 3.20. The first kappa shape index (κ1) is 16.4. The summed E-state index contributed by atoms with van der Waals surface area (Å²) in [5.41, 5.74) is 0.778. The topological polar surface area (TPSA) is 77.3 Å². The minimum atomic E-state index is -3.51. The maximum atomic E-state index is 12.1. The van der Waals surface area contributed by atoms with Crippen LogP contribution in [0.4, 0.5) is 5.69 Å². The van der Waals surface area contributed by atoms with Gasteiger partial charge in [0, 0.05) is 15.9 Å². The third kappa shape index (κ3) is 4.51. The molecular weight excluding hydrogens is 370 g/mol. The highest BCUT2D eigenvalue weighted by molar-refractivity contribution is 9.10. The van der Waals surface area contributed by atoms with Crippen LogP contribution in [-0.4, -0.2) is 13.3 Å². The maximum absolute atomic E-state index is 12.1. The predicted octanol–water partition coefficient (Wildman–Crippen LogP) is 3.94. The van der Waals surface area contributed by atoms with Crippen molar-refractivity contribution in [3.8, 4) is 0 Å². The van der Waals surface area contributed by atoms with Gasteiger partial charge >= 0.3 is 0 Å². The Labute approximate surface area is 136 Å². The van der Waals surface area contributed by atoms with Crippen LogP contribution >= 0.6 is 15.9 Å². The molecule has 0 spiro atoms. The quantitative estimate of drug-likeness (QED) is 0.580. The van der Waals surface area contributed by atoms with Gasteiger partial charge in [-0.15, -0.1) is 0 Å². The number of halogens is 1. The van der Waals surface area contributed by atoms with Gasteiger partial charge < -0.3 is 0 Å². The van der Waals surface area contributed by atoms with E-state index in [4.69, 9.17) is 0 Å². The van der Waals surface area contributed by atoms with Crippen LogP contribution in [0.15, 0.2) is 58.4 Å². The van der Waals surface area contributed by atoms with Gasteiger partial charge in [0.05, 0.1) is 16.2 Å². The molecule has 114 valence electrons. The van der Waals surface area contributed by atoms with Crippen molar-refractivity contribution in [3.05, 3.63) is 79.7 Å². The van der Waals surface area contributed by atoms with Crippen molar-refractivity contribution >= 4 is 37.5 Å². The summed E-state index contributed by atoms with van der Waals surface area (Å²) in [4.78, 5) is 10.3. The van der Waals surface area contributed by atoms with Crippen molar-refractivity contribution < 1.29 is 13.3 Å². The third-order valence-corrected chi connectivity index (χ3v) is 4.68. The first-order valence-electron chi connectivity index (χ1n) is 6.26. The van der Waals surface area contributed by atoms with Crippen molar-refractivity contribution in [3.63, 3.8) is 0 Å². The lowest BCUT2D eigenvalue weighted by atomic mass is 10.2. The number of hydrogen-bond acceptors (Lipinski definition) is 4. The number of para-hydroxylation sites is 1. The zero-order valence-corrected chi connectivity index (χ0v) is 13.7. The molecule has 0 aliphatic carbocycles. The number of nitro groups is 1. The van der Waals surface area contributed by atoms with Gasteiger partial charge in [0.2, 0.25) is 0 Å². The highest BCUT2D eigenvalue weighted by atomic mass is 79.9. The Morgan fingerprint density at radius 2 is 1.73 bits per heavy atom. The van der Waals surface area contributed by atoms with E-state index in [0.29, 0.717) is 5.56 Å². The Morgan fingerprint density at radius 1 is 1.09 bits per heavy atom. The Bertz CT molecular complexity index is 814. The van der Waals surface area contributed by atoms with Gasteiger partial charge in [-0.05, 0) is 29.8 Å². The molecule has 0 N–H and O–H groups in total. The number of nitro benzene ring substituents is 1. The zero-order chi connectivity index (χ0) is 16.2. The highest BCUT2D eigenvalue weighted by Crippen LogP contribution is 2.20. The first-order chi connectivity index (χ1) is 10.4. The van der Waals surface area contributed by atoms with Gasteiger partial charge in [0.1, 0.15) is 0 Å². The molecular formula is C15H12BrNO4S. The van der Waals surface area contributed by atoms with Crippen molar-refractivity contribution in [2.24, 2.45) is 0 Å². The van der Waals surface area contributed by atoms with E-state index in [9.17, 15) is 18.5 Å². The molecule has 0 aromatic heterocycles. The Kier molecular flexibility index (Phi) is 5.10. The van der Waals surface area contributed by atoms with E-state index in [1.165, 1.54) is 24.3 Å². The SMILES string of the molecule is O=[N+]([O-])c1ccccc1/C=C/S(=O)(=O)Cc1ccc(Br)cc1. The summed E-state index contributed by atoms with van der Waals surface area (Å²) in [7, 11) is -3.51. The molecule has 2 aromatic rings. The van der Waals surface area contributed by atoms with Crippen LogP contribution in [0.1, 0.15) is 11.1 Å². The van der Waals surface area contributed by atoms with Crippen molar-refractivity contribution in [1.82, 2.24) is 0 Å². The van der Waals surface area contributed by atoms with Crippen molar-refractivity contribution in [2.45, 2.75) is 5.75 Å². The van der Waals surface area contributed by atoms with Crippen LogP contribution < -0.4 is 0 Å². The average molecular weight is 382 g/mol. The normalized spacial score (nSPS) is 11.7. The standard InChI is InChI=1S/C15H12BrNO4S/c16-14-7-5-12(6-8-14)11-22(20,21)10-9-13-3-1-2-4-15(13)17(18)19/h1-10H,11H2/b10-9+. The largest absolute Gasteiger partial charge is 0.276 e. The molecule has 5 nitrogen and oxygen atoms in total. The number of rotatable bonds is 5. The molecule has 0 bridgehead atoms. The first-order valence-corrected chi connectivity index (χ1v) is 8.77. The van der Waals surface area contributed by atoms with Crippen molar-refractivity contribution in [1.29, 1.82) is 0 Å². The fraction of sp³-hybridized carbons (Fsp3) is 0.0667. The Hall–Kier alpha value is -1.99. The molecule has 22 heavy (non-hydrogen) atoms. The molecule has 0 radical (unpaired) electrons. The number of benzene rings is 2. The van der Waals surface area contributed by atoms with Gasteiger partial charge in [-0.2, -0.15) is 0 Å². The fourth-order valence-electron chi connectivity index (χ4n) is 1.83. The molecule has 0 unspecified atom stereocenters. The molecule has 2 aromatic carbocycles. The summed E-state index contributed by atoms with van der Waals surface area (Å²) in [5.74, 6) is -0.155. The van der Waals surface area contributed by atoms with Gasteiger partial charge in [0.15, 0.2) is 9.84 Å². The molecule has 0 fully saturated rings. The molecule has 0 aliphatic rings. The van der Waals surface area contributed by atoms with E-state index in [1.807, 2.05) is 0 Å². The second-order valence-electron chi connectivity index (χ2n) is 4.55. The molecule has 7 heteroatoms. The van der Waals surface area contributed by atoms with Crippen LogP contribution in [0, 0.1) is 10.1 Å². The lowest BCUT2D eigenvalue weighted by molar-refractivity contribution is -0.385. The number of nitrogens with zero attached hydrogens (tertiary/aromatic N) is 1. The van der Waals surface area contributed by atoms with Crippen LogP contribution in [0.2, 0.25) is 0 Å². The molecule has 2 rings (SSSR count). The molecule has 0 amide bonds. The zero-order valence-electron chi connectivity index (χ0n) is 11.3. The van der Waals surface area contributed by atoms with E-state index < -0.39 is 14.8 Å². The maximum Gasteiger partial charge on any atom is 0.276 e. The van der Waals surface area contributed by atoms with Crippen molar-refractivity contribution in [2.75, 3.05) is 0 Å². The van der Waals surface area contributed by atoms with Gasteiger partial charge in [-0.1, -0.05) is 40.2 Å². The summed E-state index contributed by atoms with van der Waals surface area (Å²) in [6.07, 6.45) is 1.26. The molecule has 0 aliphatic heterocycles. The van der Waals surface area contributed by atoms with Gasteiger partial charge in [-0.25, -0.2) is 8.42 Å². The minimum Gasteiger partial charge on any atom is -0.258 e. The molecule has 0 atom stereocenters. The van der Waals surface area contributed by atoms with Crippen LogP contribution in [0.3, 0.4) is 0 Å². The van der Waals surface area contributed by atoms with E-state index in [1.54, 1.807) is 30.3 Å². The number of hydrogen-bond donors (Lipinski definition) is 0. The monoisotopic (exact) mass is 381 g/mol. The van der Waals surface area contributed by atoms with E-state index in [2.05, 4.69) is 15.9 Å². The lowest BCUT2D eigenvalue weighted by Gasteiger charge is -2.01. The highest BCUT2D eigenvalue weighted by Gasteiger charge is 2.12. The second kappa shape index (κ2) is 6.85. The van der Waals surface area contributed by atoms with E-state index >= 15 is 0 Å². The van der Waals surface area contributed by atoms with Gasteiger partial charge in [0.25, 0.3) is 5.69 Å². The molecule has 0 heterocycles. The van der Waals surface area contributed by atoms with Crippen LogP contribution in [0.5, 0.6) is 0 Å². The average Bonchev–Trinajstić information content (AvgIpc) is 2.48. The van der Waals surface area contributed by atoms with Crippen LogP contribution in [0.25, 0.3) is 6.08 Å². The van der Waals surface area contributed by atoms with E-state index in [0.717, 1.165) is 9.88 Å². The summed E-state index contributed by atoms with van der Waals surface area (Å²) >= 11 is 3.28. The molecule has 0 saturated carbocycles. The summed E-state index contributed by atoms with van der Waals surface area (Å²) in [6.45, 7) is 0. The second-order valence-corrected chi connectivity index (χ2v) is 7.35. The predicted molar refractivity (Wildman–Crippen MR) is 88.9 cm³/mol. The van der Waals surface area contributed by atoms with E-state index in [-0.39, 0.29) is 17.0 Å². The Morgan fingerprint density at radius 3 is 2.36 bits per heavy atom. The molecule has 0 saturated heterocycles. The smallest absolute Gasteiger partial charge is 0.258 e. The number of sulfone groups is 1. The lowest BCUT2D eigenvalue weighted by Crippen LogP contribution is -2.00. The van der Waals surface area contributed by atoms with Gasteiger partial charge in [-0.3, -0.25) is 10.1 Å². The summed E-state index contributed by atoms with van der Waals surface area (Å²) in [6, 6.07) is 12.9. The minimum absolute atomic E-state index is 0.127. The van der Waals surface area contributed by atoms with Crippen LogP contribution in [-0.2, 0) is 15.6 Å². The summed E-state index contributed by atoms with van der Waals surface area (Å²) in [5, 5.41) is 11.9. The third-order valence-electron chi connectivity index (χ3n) is 2.87.